The van der Waals surface area contributed by atoms with E-state index in [0.29, 0.717) is 50.8 Å². The number of fused-ring (bicyclic) bond motifs is 3. The first-order chi connectivity index (χ1) is 12.1. The van der Waals surface area contributed by atoms with Crippen molar-refractivity contribution in [2.75, 3.05) is 46.0 Å². The Bertz CT molecular complexity index is 636. The number of carboxylic acid groups (broad SMARTS) is 1. The van der Waals surface area contributed by atoms with Crippen LogP contribution in [0.5, 0.6) is 5.75 Å². The van der Waals surface area contributed by atoms with Gasteiger partial charge in [-0.2, -0.15) is 0 Å². The van der Waals surface area contributed by atoms with Crippen LogP contribution in [0.2, 0.25) is 0 Å². The Balaban J connectivity index is 1.77. The van der Waals surface area contributed by atoms with E-state index in [1.54, 1.807) is 12.1 Å². The van der Waals surface area contributed by atoms with Crippen molar-refractivity contribution >= 4 is 11.9 Å². The van der Waals surface area contributed by atoms with Gasteiger partial charge in [-0.3, -0.25) is 14.5 Å². The van der Waals surface area contributed by atoms with Crippen molar-refractivity contribution in [1.29, 1.82) is 0 Å². The minimum absolute atomic E-state index is 0.0214. The summed E-state index contributed by atoms with van der Waals surface area (Å²) in [6, 6.07) is 7.11. The van der Waals surface area contributed by atoms with Crippen molar-refractivity contribution < 1.29 is 24.2 Å². The van der Waals surface area contributed by atoms with E-state index >= 15 is 0 Å². The molecule has 2 atom stereocenters. The van der Waals surface area contributed by atoms with E-state index in [-0.39, 0.29) is 24.4 Å². The van der Waals surface area contributed by atoms with Crippen LogP contribution in [0.3, 0.4) is 0 Å². The second-order valence-corrected chi connectivity index (χ2v) is 6.55. The van der Waals surface area contributed by atoms with Gasteiger partial charge in [-0.15, -0.1) is 0 Å². The summed E-state index contributed by atoms with van der Waals surface area (Å²) in [6.07, 6.45) is 0. The highest BCUT2D eigenvalue weighted by molar-refractivity contribution is 5.94. The van der Waals surface area contributed by atoms with E-state index in [9.17, 15) is 9.59 Å². The van der Waals surface area contributed by atoms with E-state index in [1.807, 2.05) is 28.9 Å². The summed E-state index contributed by atoms with van der Waals surface area (Å²) >= 11 is 0. The number of aliphatic carboxylic acids is 1. The summed E-state index contributed by atoms with van der Waals surface area (Å²) in [7, 11) is 0. The van der Waals surface area contributed by atoms with Gasteiger partial charge in [0.25, 0.3) is 5.91 Å². The molecule has 25 heavy (non-hydrogen) atoms. The molecule has 7 nitrogen and oxygen atoms in total. The predicted octanol–water partition coefficient (Wildman–Crippen LogP) is 0.943. The number of ether oxygens (including phenoxy) is 2. The lowest BCUT2D eigenvalue weighted by Crippen LogP contribution is -2.47. The molecule has 0 radical (unpaired) electrons. The Morgan fingerprint density at radius 3 is 2.88 bits per heavy atom. The van der Waals surface area contributed by atoms with Crippen LogP contribution in [0, 0.1) is 5.92 Å². The Morgan fingerprint density at radius 2 is 2.12 bits per heavy atom. The van der Waals surface area contributed by atoms with Crippen molar-refractivity contribution in [3.8, 4) is 5.75 Å². The normalized spacial score (nSPS) is 23.8. The highest BCUT2D eigenvalue weighted by Crippen LogP contribution is 2.22. The minimum atomic E-state index is -0.852. The molecule has 2 heterocycles. The van der Waals surface area contributed by atoms with Crippen molar-refractivity contribution in [3.05, 3.63) is 29.8 Å². The fraction of sp³-hybridized carbons (Fsp3) is 0.556. The fourth-order valence-corrected chi connectivity index (χ4v) is 3.53. The van der Waals surface area contributed by atoms with Crippen molar-refractivity contribution in [1.82, 2.24) is 9.80 Å². The molecule has 136 valence electrons. The minimum Gasteiger partial charge on any atom is -0.494 e. The van der Waals surface area contributed by atoms with E-state index < -0.39 is 5.97 Å². The summed E-state index contributed by atoms with van der Waals surface area (Å²) in [4.78, 5) is 27.8. The first-order valence-corrected chi connectivity index (χ1v) is 8.62. The monoisotopic (exact) mass is 348 g/mol. The molecule has 2 fully saturated rings. The molecule has 3 rings (SSSR count). The molecule has 1 aromatic carbocycles. The topological polar surface area (TPSA) is 79.3 Å². The Kier molecular flexibility index (Phi) is 5.55. The fourth-order valence-electron chi connectivity index (χ4n) is 3.53. The van der Waals surface area contributed by atoms with Gasteiger partial charge in [0, 0.05) is 31.1 Å². The van der Waals surface area contributed by atoms with Gasteiger partial charge in [0.05, 0.1) is 32.4 Å². The Hall–Kier alpha value is -2.12. The predicted molar refractivity (Wildman–Crippen MR) is 90.8 cm³/mol. The van der Waals surface area contributed by atoms with Gasteiger partial charge in [0.2, 0.25) is 0 Å². The molecule has 1 aromatic rings. The summed E-state index contributed by atoms with van der Waals surface area (Å²) in [5, 5.41) is 9.13. The maximum absolute atomic E-state index is 13.0. The maximum Gasteiger partial charge on any atom is 0.317 e. The van der Waals surface area contributed by atoms with Crippen molar-refractivity contribution in [2.45, 2.75) is 13.0 Å². The number of carbonyl (C=O) groups is 2. The van der Waals surface area contributed by atoms with E-state index in [4.69, 9.17) is 14.6 Å². The van der Waals surface area contributed by atoms with Crippen LogP contribution in [0.4, 0.5) is 0 Å². The molecule has 2 aliphatic heterocycles. The standard InChI is InChI=1S/C18H24N2O5/c1-2-25-16-5-3-4-14(6-16)18(23)20-8-13-7-19(10-17(21)22)15(9-20)12-24-11-13/h3-6,13,15H,2,7-12H2,1H3,(H,21,22)/t13-,15+/m1/s1. The maximum atomic E-state index is 13.0. The third kappa shape index (κ3) is 4.29. The first kappa shape index (κ1) is 17.7. The first-order valence-electron chi connectivity index (χ1n) is 8.62. The van der Waals surface area contributed by atoms with Crippen LogP contribution >= 0.6 is 0 Å². The molecular weight excluding hydrogens is 324 g/mol. The van der Waals surface area contributed by atoms with E-state index in [2.05, 4.69) is 0 Å². The average Bonchev–Trinajstić information content (AvgIpc) is 2.84. The summed E-state index contributed by atoms with van der Waals surface area (Å²) < 4.78 is 11.1. The van der Waals surface area contributed by atoms with Gasteiger partial charge < -0.3 is 19.5 Å². The third-order valence-electron chi connectivity index (χ3n) is 4.60. The summed E-state index contributed by atoms with van der Waals surface area (Å²) in [5.41, 5.74) is 0.594. The zero-order valence-corrected chi connectivity index (χ0v) is 14.4. The molecule has 0 unspecified atom stereocenters. The number of amides is 1. The molecule has 1 N–H and O–H groups in total. The van der Waals surface area contributed by atoms with Crippen molar-refractivity contribution in [3.63, 3.8) is 0 Å². The van der Waals surface area contributed by atoms with Gasteiger partial charge in [-0.25, -0.2) is 0 Å². The highest BCUT2D eigenvalue weighted by Gasteiger charge is 2.36. The molecule has 0 aromatic heterocycles. The molecule has 7 heteroatoms. The van der Waals surface area contributed by atoms with Crippen LogP contribution in [0.25, 0.3) is 0 Å². The molecule has 0 spiro atoms. The second-order valence-electron chi connectivity index (χ2n) is 6.55. The summed E-state index contributed by atoms with van der Waals surface area (Å²) in [6.45, 7) is 5.12. The zero-order valence-electron chi connectivity index (χ0n) is 14.4. The number of carbonyl (C=O) groups excluding carboxylic acids is 1. The van der Waals surface area contributed by atoms with Crippen LogP contribution in [-0.4, -0.2) is 78.8 Å². The van der Waals surface area contributed by atoms with Crippen LogP contribution in [0.15, 0.2) is 24.3 Å². The number of nitrogens with zero attached hydrogens (tertiary/aromatic N) is 2. The number of benzene rings is 1. The number of hydrogen-bond donors (Lipinski definition) is 1. The lowest BCUT2D eigenvalue weighted by atomic mass is 10.1. The average molecular weight is 348 g/mol. The van der Waals surface area contributed by atoms with E-state index in [1.165, 1.54) is 0 Å². The van der Waals surface area contributed by atoms with E-state index in [0.717, 1.165) is 0 Å². The second kappa shape index (κ2) is 7.84. The number of hydrogen-bond acceptors (Lipinski definition) is 5. The molecule has 2 aliphatic rings. The van der Waals surface area contributed by atoms with Crippen LogP contribution in [0.1, 0.15) is 17.3 Å². The Morgan fingerprint density at radius 1 is 1.28 bits per heavy atom. The van der Waals surface area contributed by atoms with Gasteiger partial charge in [0.1, 0.15) is 5.75 Å². The summed E-state index contributed by atoms with van der Waals surface area (Å²) in [5.74, 6) is -0.101. The number of carboxylic acids is 1. The Labute approximate surface area is 147 Å². The molecular formula is C18H24N2O5. The van der Waals surface area contributed by atoms with Gasteiger partial charge in [-0.05, 0) is 25.1 Å². The lowest BCUT2D eigenvalue weighted by molar-refractivity contribution is -0.139. The SMILES string of the molecule is CCOc1cccc(C(=O)N2C[C@@H]3COC[C@H](C2)N(CC(=O)O)C3)c1. The molecule has 1 amide bonds. The molecule has 2 saturated heterocycles. The van der Waals surface area contributed by atoms with Crippen LogP contribution in [-0.2, 0) is 9.53 Å². The molecule has 0 aliphatic carbocycles. The molecule has 2 bridgehead atoms. The van der Waals surface area contributed by atoms with Gasteiger partial charge in [-0.1, -0.05) is 6.07 Å². The molecule has 0 saturated carbocycles. The third-order valence-corrected chi connectivity index (χ3v) is 4.60. The van der Waals surface area contributed by atoms with Crippen LogP contribution < -0.4 is 4.74 Å². The number of rotatable bonds is 5. The van der Waals surface area contributed by atoms with Gasteiger partial charge >= 0.3 is 5.97 Å². The largest absolute Gasteiger partial charge is 0.494 e. The lowest BCUT2D eigenvalue weighted by Gasteiger charge is -2.30. The van der Waals surface area contributed by atoms with Crippen molar-refractivity contribution in [2.24, 2.45) is 5.92 Å². The quantitative estimate of drug-likeness (QED) is 0.853. The highest BCUT2D eigenvalue weighted by atomic mass is 16.5. The van der Waals surface area contributed by atoms with Gasteiger partial charge in [0.15, 0.2) is 0 Å². The smallest absolute Gasteiger partial charge is 0.317 e. The zero-order chi connectivity index (χ0) is 17.8.